The summed E-state index contributed by atoms with van der Waals surface area (Å²) in [6.45, 7) is 8.60. The lowest BCUT2D eigenvalue weighted by molar-refractivity contribution is -0.194. The molecule has 0 N–H and O–H groups in total. The van der Waals surface area contributed by atoms with Gasteiger partial charge in [0.05, 0.1) is 24.4 Å². The molecular weight excluding hydrogens is 312 g/mol. The molecule has 0 aromatic rings. The Kier molecular flexibility index (Phi) is 7.22. The third-order valence-corrected chi connectivity index (χ3v) is 6.84. The topological polar surface area (TPSA) is 31.0 Å². The molecule has 0 radical (unpaired) electrons. The van der Waals surface area contributed by atoms with Gasteiger partial charge in [0.2, 0.25) is 0 Å². The molecule has 0 aromatic heterocycles. The number of unbranched alkanes of at least 4 members (excludes halogenated alkanes) is 5. The Bertz CT molecular complexity index is 399. The molecule has 3 saturated carbocycles. The van der Waals surface area contributed by atoms with E-state index in [0.29, 0.717) is 18.1 Å². The summed E-state index contributed by atoms with van der Waals surface area (Å²) in [5.74, 6) is 0.575. The third kappa shape index (κ3) is 4.09. The Balaban J connectivity index is 1.67. The van der Waals surface area contributed by atoms with E-state index in [1.807, 2.05) is 0 Å². The van der Waals surface area contributed by atoms with E-state index in [4.69, 9.17) is 14.2 Å². The zero-order valence-corrected chi connectivity index (χ0v) is 16.8. The van der Waals surface area contributed by atoms with Gasteiger partial charge in [-0.15, -0.1) is 0 Å². The van der Waals surface area contributed by atoms with Gasteiger partial charge in [-0.2, -0.15) is 0 Å². The van der Waals surface area contributed by atoms with Crippen molar-refractivity contribution < 1.29 is 14.2 Å². The summed E-state index contributed by atoms with van der Waals surface area (Å²) in [6.07, 6.45) is 15.2. The second-order valence-corrected chi connectivity index (χ2v) is 8.60. The van der Waals surface area contributed by atoms with Gasteiger partial charge in [-0.3, -0.25) is 0 Å². The largest absolute Gasteiger partial charge is 0.375 e. The first-order valence-corrected chi connectivity index (χ1v) is 11.2. The van der Waals surface area contributed by atoms with Gasteiger partial charge in [0.25, 0.3) is 0 Å². The number of fused-ring (bicyclic) bond motifs is 2. The second-order valence-electron chi connectivity index (χ2n) is 8.60. The molecule has 25 heavy (non-hydrogen) atoms. The van der Waals surface area contributed by atoms with Gasteiger partial charge in [-0.1, -0.05) is 59.3 Å². The van der Waals surface area contributed by atoms with Crippen LogP contribution in [0, 0.1) is 11.3 Å². The molecular formula is C22H40O3. The summed E-state index contributed by atoms with van der Waals surface area (Å²) in [5.41, 5.74) is 0.233. The van der Waals surface area contributed by atoms with E-state index in [0.717, 1.165) is 13.2 Å². The molecule has 1 heterocycles. The molecule has 3 nitrogen and oxygen atoms in total. The highest BCUT2D eigenvalue weighted by Crippen LogP contribution is 2.63. The smallest absolute Gasteiger partial charge is 0.0927 e. The predicted octanol–water partition coefficient (Wildman–Crippen LogP) is 5.50. The Labute approximate surface area is 155 Å². The molecule has 3 aliphatic carbocycles. The van der Waals surface area contributed by atoms with Crippen molar-refractivity contribution in [1.82, 2.24) is 0 Å². The lowest BCUT2D eigenvalue weighted by Gasteiger charge is -2.53. The van der Waals surface area contributed by atoms with Crippen molar-refractivity contribution in [3.63, 3.8) is 0 Å². The first kappa shape index (κ1) is 19.6. The first-order chi connectivity index (χ1) is 12.3. The summed E-state index contributed by atoms with van der Waals surface area (Å²) in [4.78, 5) is 0. The summed E-state index contributed by atoms with van der Waals surface area (Å²) in [7, 11) is 0. The van der Waals surface area contributed by atoms with Crippen LogP contribution < -0.4 is 0 Å². The maximum Gasteiger partial charge on any atom is 0.0927 e. The molecule has 2 bridgehead atoms. The maximum absolute atomic E-state index is 6.58. The average molecular weight is 353 g/mol. The Morgan fingerprint density at radius 3 is 2.24 bits per heavy atom. The molecule has 0 aromatic carbocycles. The number of ether oxygens (including phenoxy) is 3. The van der Waals surface area contributed by atoms with Crippen LogP contribution >= 0.6 is 0 Å². The molecule has 146 valence electrons. The summed E-state index contributed by atoms with van der Waals surface area (Å²) >= 11 is 0. The number of rotatable bonds is 13. The molecule has 4 aliphatic rings. The van der Waals surface area contributed by atoms with Crippen molar-refractivity contribution in [3.8, 4) is 0 Å². The maximum atomic E-state index is 6.58. The second kappa shape index (κ2) is 9.19. The van der Waals surface area contributed by atoms with Crippen LogP contribution in [0.1, 0.15) is 91.4 Å². The lowest BCUT2D eigenvalue weighted by atomic mass is 9.56. The van der Waals surface area contributed by atoms with E-state index < -0.39 is 0 Å². The molecule has 4 rings (SSSR count). The van der Waals surface area contributed by atoms with Crippen LogP contribution in [-0.2, 0) is 14.2 Å². The van der Waals surface area contributed by atoms with E-state index in [1.54, 1.807) is 0 Å². The van der Waals surface area contributed by atoms with Crippen LogP contribution in [0.15, 0.2) is 0 Å². The Hall–Kier alpha value is -0.120. The van der Waals surface area contributed by atoms with Crippen LogP contribution in [0.3, 0.4) is 0 Å². The minimum atomic E-state index is 0.233. The molecule has 6 atom stereocenters. The van der Waals surface area contributed by atoms with Gasteiger partial charge in [0.15, 0.2) is 0 Å². The van der Waals surface area contributed by atoms with E-state index in [1.165, 1.54) is 70.6 Å². The van der Waals surface area contributed by atoms with Gasteiger partial charge in [-0.25, -0.2) is 0 Å². The van der Waals surface area contributed by atoms with Crippen molar-refractivity contribution in [1.29, 1.82) is 0 Å². The molecule has 0 amide bonds. The highest BCUT2D eigenvalue weighted by Gasteiger charge is 2.71. The Morgan fingerprint density at radius 1 is 0.880 bits per heavy atom. The van der Waals surface area contributed by atoms with Crippen LogP contribution in [-0.4, -0.2) is 37.6 Å². The summed E-state index contributed by atoms with van der Waals surface area (Å²) in [6, 6.07) is 0. The van der Waals surface area contributed by atoms with Crippen molar-refractivity contribution in [2.24, 2.45) is 11.3 Å². The highest BCUT2D eigenvalue weighted by atomic mass is 16.6. The molecule has 1 saturated heterocycles. The normalized spacial score (nSPS) is 38.8. The van der Waals surface area contributed by atoms with Gasteiger partial charge in [-0.05, 0) is 32.1 Å². The van der Waals surface area contributed by atoms with Gasteiger partial charge in [0, 0.05) is 24.5 Å². The number of hydrogen-bond donors (Lipinski definition) is 0. The minimum Gasteiger partial charge on any atom is -0.375 e. The number of epoxide rings is 1. The Morgan fingerprint density at radius 2 is 1.56 bits per heavy atom. The molecule has 6 unspecified atom stereocenters. The van der Waals surface area contributed by atoms with Crippen LogP contribution in [0.5, 0.6) is 0 Å². The highest BCUT2D eigenvalue weighted by molar-refractivity contribution is 5.19. The van der Waals surface area contributed by atoms with Crippen LogP contribution in [0.2, 0.25) is 0 Å². The quantitative estimate of drug-likeness (QED) is 0.324. The third-order valence-electron chi connectivity index (χ3n) is 6.84. The fourth-order valence-electron chi connectivity index (χ4n) is 5.38. The zero-order valence-electron chi connectivity index (χ0n) is 16.8. The molecule has 1 aliphatic heterocycles. The van der Waals surface area contributed by atoms with Gasteiger partial charge in [0.1, 0.15) is 0 Å². The van der Waals surface area contributed by atoms with Crippen LogP contribution in [0.25, 0.3) is 0 Å². The van der Waals surface area contributed by atoms with Gasteiger partial charge < -0.3 is 14.2 Å². The first-order valence-electron chi connectivity index (χ1n) is 11.2. The van der Waals surface area contributed by atoms with E-state index >= 15 is 0 Å². The van der Waals surface area contributed by atoms with E-state index in [-0.39, 0.29) is 17.6 Å². The summed E-state index contributed by atoms with van der Waals surface area (Å²) in [5, 5.41) is 0. The minimum absolute atomic E-state index is 0.233. The SMILES string of the molecule is CCCCCOC1C2CCC(CCCC)(C1OCCCCC)C1OC21. The van der Waals surface area contributed by atoms with E-state index in [9.17, 15) is 0 Å². The predicted molar refractivity (Wildman–Crippen MR) is 102 cm³/mol. The summed E-state index contributed by atoms with van der Waals surface area (Å²) < 4.78 is 19.3. The fraction of sp³-hybridized carbons (Fsp3) is 1.00. The van der Waals surface area contributed by atoms with Crippen molar-refractivity contribution in [2.45, 2.75) is 116 Å². The van der Waals surface area contributed by atoms with Crippen molar-refractivity contribution in [2.75, 3.05) is 13.2 Å². The average Bonchev–Trinajstić information content (AvgIpc) is 3.44. The monoisotopic (exact) mass is 352 g/mol. The van der Waals surface area contributed by atoms with Crippen molar-refractivity contribution in [3.05, 3.63) is 0 Å². The van der Waals surface area contributed by atoms with Crippen molar-refractivity contribution >= 4 is 0 Å². The lowest BCUT2D eigenvalue weighted by Crippen LogP contribution is -2.61. The molecule has 4 fully saturated rings. The molecule has 0 spiro atoms. The fourth-order valence-corrected chi connectivity index (χ4v) is 5.38. The molecule has 3 heteroatoms. The van der Waals surface area contributed by atoms with Gasteiger partial charge >= 0.3 is 0 Å². The number of hydrogen-bond acceptors (Lipinski definition) is 3. The standard InChI is InChI=1S/C22H40O3/c1-4-7-10-15-23-18-17-12-14-22(13-9-6-3,21-19(17)25-21)20(18)24-16-11-8-5-2/h17-21H,4-16H2,1-3H3. The zero-order chi connectivity index (χ0) is 17.7. The van der Waals surface area contributed by atoms with E-state index in [2.05, 4.69) is 20.8 Å². The van der Waals surface area contributed by atoms with Crippen LogP contribution in [0.4, 0.5) is 0 Å².